The van der Waals surface area contributed by atoms with Crippen LogP contribution >= 0.6 is 0 Å². The van der Waals surface area contributed by atoms with E-state index in [9.17, 15) is 4.79 Å². The smallest absolute Gasteiger partial charge is 0.254 e. The average molecular weight is 382 g/mol. The number of hydrogen-bond donors (Lipinski definition) is 0. The van der Waals surface area contributed by atoms with Crippen LogP contribution in [0.15, 0.2) is 24.3 Å². The van der Waals surface area contributed by atoms with Gasteiger partial charge in [0.25, 0.3) is 5.91 Å². The largest absolute Gasteiger partial charge is 0.497 e. The minimum absolute atomic E-state index is 0.132. The molecule has 2 saturated heterocycles. The van der Waals surface area contributed by atoms with Gasteiger partial charge < -0.3 is 14.5 Å². The number of carbonyl (C=O) groups excluding carboxylic acids is 1. The highest BCUT2D eigenvalue weighted by atomic mass is 16.5. The summed E-state index contributed by atoms with van der Waals surface area (Å²) in [6, 6.07) is 8.33. The number of aromatic nitrogens is 1. The molecule has 5 heteroatoms. The fourth-order valence-electron chi connectivity index (χ4n) is 4.85. The van der Waals surface area contributed by atoms with Gasteiger partial charge in [-0.1, -0.05) is 0 Å². The summed E-state index contributed by atoms with van der Waals surface area (Å²) in [5, 5.41) is 0.906. The lowest BCUT2D eigenvalue weighted by molar-refractivity contribution is 0.0626. The van der Waals surface area contributed by atoms with Crippen LogP contribution < -0.4 is 4.74 Å². The Morgan fingerprint density at radius 3 is 2.54 bits per heavy atom. The Morgan fingerprint density at radius 2 is 1.86 bits per heavy atom. The highest BCUT2D eigenvalue weighted by Crippen LogP contribution is 2.29. The van der Waals surface area contributed by atoms with E-state index in [1.54, 1.807) is 7.11 Å². The van der Waals surface area contributed by atoms with Crippen LogP contribution in [0.25, 0.3) is 10.9 Å². The summed E-state index contributed by atoms with van der Waals surface area (Å²) in [6.45, 7) is 8.50. The first kappa shape index (κ1) is 19.2. The van der Waals surface area contributed by atoms with E-state index in [2.05, 4.69) is 16.8 Å². The number of hydrogen-bond acceptors (Lipinski definition) is 4. The molecule has 2 aliphatic rings. The first-order valence-corrected chi connectivity index (χ1v) is 10.6. The van der Waals surface area contributed by atoms with Crippen molar-refractivity contribution in [3.63, 3.8) is 0 Å². The molecule has 28 heavy (non-hydrogen) atoms. The maximum absolute atomic E-state index is 13.3. The second-order valence-corrected chi connectivity index (χ2v) is 8.31. The standard InChI is InChI=1S/C23H31N3O2/c1-16-14-21(20-7-6-19(28-3)15-22(20)24-16)23(27)26-12-8-18(9-13-26)17(2)25-10-4-5-11-25/h6-7,14-15,17-18H,4-5,8-13H2,1-3H3. The van der Waals surface area contributed by atoms with Crippen LogP contribution in [0, 0.1) is 12.8 Å². The van der Waals surface area contributed by atoms with Crippen molar-refractivity contribution >= 4 is 16.8 Å². The van der Waals surface area contributed by atoms with E-state index in [1.807, 2.05) is 36.1 Å². The second-order valence-electron chi connectivity index (χ2n) is 8.31. The van der Waals surface area contributed by atoms with Crippen molar-refractivity contribution in [2.75, 3.05) is 33.3 Å². The Hall–Kier alpha value is -2.14. The van der Waals surface area contributed by atoms with E-state index < -0.39 is 0 Å². The molecule has 1 atom stereocenters. The predicted molar refractivity (Wildman–Crippen MR) is 112 cm³/mol. The Bertz CT molecular complexity index is 852. The van der Waals surface area contributed by atoms with E-state index in [4.69, 9.17) is 4.74 Å². The van der Waals surface area contributed by atoms with Crippen LogP contribution in [-0.2, 0) is 0 Å². The molecule has 2 aromatic rings. The van der Waals surface area contributed by atoms with Gasteiger partial charge in [-0.05, 0) is 76.7 Å². The van der Waals surface area contributed by atoms with Gasteiger partial charge in [0.05, 0.1) is 18.2 Å². The van der Waals surface area contributed by atoms with Crippen molar-refractivity contribution < 1.29 is 9.53 Å². The third-order valence-electron chi connectivity index (χ3n) is 6.60. The number of benzene rings is 1. The molecule has 3 heterocycles. The van der Waals surface area contributed by atoms with E-state index in [-0.39, 0.29) is 5.91 Å². The number of likely N-dealkylation sites (tertiary alicyclic amines) is 2. The Balaban J connectivity index is 1.49. The maximum Gasteiger partial charge on any atom is 0.254 e. The molecular weight excluding hydrogens is 350 g/mol. The van der Waals surface area contributed by atoms with Gasteiger partial charge in [0.2, 0.25) is 0 Å². The van der Waals surface area contributed by atoms with Crippen LogP contribution in [0.3, 0.4) is 0 Å². The molecule has 4 rings (SSSR count). The van der Waals surface area contributed by atoms with Crippen LogP contribution in [0.4, 0.5) is 0 Å². The summed E-state index contributed by atoms with van der Waals surface area (Å²) in [5.41, 5.74) is 2.44. The van der Waals surface area contributed by atoms with Gasteiger partial charge in [-0.2, -0.15) is 0 Å². The lowest BCUT2D eigenvalue weighted by Gasteiger charge is -2.38. The normalized spacial score (nSPS) is 19.9. The summed E-state index contributed by atoms with van der Waals surface area (Å²) < 4.78 is 5.32. The van der Waals surface area contributed by atoms with Crippen molar-refractivity contribution in [2.24, 2.45) is 5.92 Å². The number of amides is 1. The molecule has 0 aliphatic carbocycles. The van der Waals surface area contributed by atoms with Gasteiger partial charge in [-0.25, -0.2) is 0 Å². The maximum atomic E-state index is 13.3. The molecule has 1 amide bonds. The van der Waals surface area contributed by atoms with Crippen molar-refractivity contribution in [1.29, 1.82) is 0 Å². The van der Waals surface area contributed by atoms with Crippen molar-refractivity contribution in [3.8, 4) is 5.75 Å². The molecule has 1 aromatic heterocycles. The number of pyridine rings is 1. The summed E-state index contributed by atoms with van der Waals surface area (Å²) in [4.78, 5) is 22.6. The number of nitrogens with zero attached hydrogens (tertiary/aromatic N) is 3. The molecule has 150 valence electrons. The number of carbonyl (C=O) groups is 1. The zero-order valence-corrected chi connectivity index (χ0v) is 17.3. The van der Waals surface area contributed by atoms with Crippen molar-refractivity contribution in [1.82, 2.24) is 14.8 Å². The summed E-state index contributed by atoms with van der Waals surface area (Å²) >= 11 is 0. The Labute approximate surface area is 167 Å². The summed E-state index contributed by atoms with van der Waals surface area (Å²) in [7, 11) is 1.65. The number of rotatable bonds is 4. The lowest BCUT2D eigenvalue weighted by Crippen LogP contribution is -2.45. The molecule has 1 aromatic carbocycles. The highest BCUT2D eigenvalue weighted by molar-refractivity contribution is 6.06. The molecule has 0 N–H and O–H groups in total. The fraction of sp³-hybridized carbons (Fsp3) is 0.565. The number of fused-ring (bicyclic) bond motifs is 1. The van der Waals surface area contributed by atoms with Gasteiger partial charge in [-0.3, -0.25) is 9.78 Å². The van der Waals surface area contributed by atoms with Crippen LogP contribution in [0.5, 0.6) is 5.75 Å². The lowest BCUT2D eigenvalue weighted by atomic mass is 9.89. The number of piperidine rings is 1. The minimum Gasteiger partial charge on any atom is -0.497 e. The summed E-state index contributed by atoms with van der Waals surface area (Å²) in [6.07, 6.45) is 4.86. The topological polar surface area (TPSA) is 45.7 Å². The molecule has 5 nitrogen and oxygen atoms in total. The van der Waals surface area contributed by atoms with Gasteiger partial charge in [0.1, 0.15) is 5.75 Å². The van der Waals surface area contributed by atoms with E-state index in [0.29, 0.717) is 12.0 Å². The van der Waals surface area contributed by atoms with Gasteiger partial charge in [0.15, 0.2) is 0 Å². The second kappa shape index (κ2) is 8.08. The third kappa shape index (κ3) is 3.72. The van der Waals surface area contributed by atoms with Gasteiger partial charge in [0, 0.05) is 36.3 Å². The van der Waals surface area contributed by atoms with Crippen molar-refractivity contribution in [2.45, 2.75) is 45.6 Å². The monoisotopic (exact) mass is 381 g/mol. The molecule has 2 fully saturated rings. The van der Waals surface area contributed by atoms with E-state index >= 15 is 0 Å². The minimum atomic E-state index is 0.132. The van der Waals surface area contributed by atoms with Gasteiger partial charge >= 0.3 is 0 Å². The number of ether oxygens (including phenoxy) is 1. The molecule has 0 radical (unpaired) electrons. The zero-order valence-electron chi connectivity index (χ0n) is 17.3. The van der Waals surface area contributed by atoms with Crippen molar-refractivity contribution in [3.05, 3.63) is 35.5 Å². The molecule has 0 saturated carbocycles. The predicted octanol–water partition coefficient (Wildman–Crippen LogP) is 3.89. The van der Waals surface area contributed by atoms with Crippen LogP contribution in [0.2, 0.25) is 0 Å². The van der Waals surface area contributed by atoms with E-state index in [1.165, 1.54) is 25.9 Å². The molecule has 2 aliphatic heterocycles. The Morgan fingerprint density at radius 1 is 1.14 bits per heavy atom. The van der Waals surface area contributed by atoms with Crippen LogP contribution in [-0.4, -0.2) is 60.0 Å². The van der Waals surface area contributed by atoms with Gasteiger partial charge in [-0.15, -0.1) is 0 Å². The SMILES string of the molecule is COc1ccc2c(C(=O)N3CCC(C(C)N4CCCC4)CC3)cc(C)nc2c1. The molecule has 0 spiro atoms. The molecule has 1 unspecified atom stereocenters. The third-order valence-corrected chi connectivity index (χ3v) is 6.60. The zero-order chi connectivity index (χ0) is 19.7. The number of aryl methyl sites for hydroxylation is 1. The first-order chi connectivity index (χ1) is 13.6. The average Bonchev–Trinajstić information content (AvgIpc) is 3.26. The van der Waals surface area contributed by atoms with E-state index in [0.717, 1.165) is 53.8 Å². The number of methoxy groups -OCH3 is 1. The Kier molecular flexibility index (Phi) is 5.54. The molecular formula is C23H31N3O2. The fourth-order valence-corrected chi connectivity index (χ4v) is 4.85. The quantitative estimate of drug-likeness (QED) is 0.806. The highest BCUT2D eigenvalue weighted by Gasteiger charge is 2.31. The van der Waals surface area contributed by atoms with Crippen LogP contribution in [0.1, 0.15) is 48.7 Å². The summed E-state index contributed by atoms with van der Waals surface area (Å²) in [5.74, 6) is 1.59. The first-order valence-electron chi connectivity index (χ1n) is 10.6. The molecule has 0 bridgehead atoms.